The largest absolute Gasteiger partial charge is 0.478 e. The van der Waals surface area contributed by atoms with E-state index in [9.17, 15) is 9.90 Å². The van der Waals surface area contributed by atoms with Gasteiger partial charge in [-0.25, -0.2) is 4.79 Å². The number of carboxylic acid groups (broad SMARTS) is 1. The third kappa shape index (κ3) is 4.23. The average Bonchev–Trinajstić information content (AvgIpc) is 2.40. The lowest BCUT2D eigenvalue weighted by Crippen LogP contribution is -2.29. The van der Waals surface area contributed by atoms with E-state index in [-0.39, 0.29) is 0 Å². The molecule has 0 saturated heterocycles. The number of halogens is 1. The van der Waals surface area contributed by atoms with E-state index in [0.717, 1.165) is 14.7 Å². The van der Waals surface area contributed by atoms with Crippen molar-refractivity contribution in [1.82, 2.24) is 0 Å². The molecule has 0 aliphatic rings. The van der Waals surface area contributed by atoms with Crippen LogP contribution in [-0.4, -0.2) is 17.2 Å². The lowest BCUT2D eigenvalue weighted by molar-refractivity contribution is -0.145. The highest BCUT2D eigenvalue weighted by Crippen LogP contribution is 2.17. The molecule has 0 bridgehead atoms. The van der Waals surface area contributed by atoms with Gasteiger partial charge in [0.2, 0.25) is 0 Å². The lowest BCUT2D eigenvalue weighted by Gasteiger charge is -2.15. The van der Waals surface area contributed by atoms with Crippen molar-refractivity contribution in [2.75, 3.05) is 0 Å². The molecule has 0 spiro atoms. The molecule has 20 heavy (non-hydrogen) atoms. The minimum Gasteiger partial charge on any atom is -0.478 e. The highest BCUT2D eigenvalue weighted by Gasteiger charge is 2.20. The average molecular weight is 382 g/mol. The minimum absolute atomic E-state index is 0.347. The van der Waals surface area contributed by atoms with Crippen molar-refractivity contribution >= 4 is 28.6 Å². The number of rotatable bonds is 5. The van der Waals surface area contributed by atoms with E-state index in [0.29, 0.717) is 12.2 Å². The zero-order chi connectivity index (χ0) is 14.5. The Hall–Kier alpha value is -1.56. The van der Waals surface area contributed by atoms with Gasteiger partial charge < -0.3 is 9.84 Å². The first kappa shape index (κ1) is 14.8. The summed E-state index contributed by atoms with van der Waals surface area (Å²) in [5.41, 5.74) is 1.99. The zero-order valence-corrected chi connectivity index (χ0v) is 13.2. The van der Waals surface area contributed by atoms with E-state index in [2.05, 4.69) is 22.6 Å². The molecule has 0 amide bonds. The van der Waals surface area contributed by atoms with Gasteiger partial charge >= 0.3 is 5.97 Å². The molecule has 0 aliphatic carbocycles. The molecule has 0 radical (unpaired) electrons. The number of aryl methyl sites for hydroxylation is 1. The van der Waals surface area contributed by atoms with E-state index < -0.39 is 12.1 Å². The molecule has 104 valence electrons. The van der Waals surface area contributed by atoms with Crippen LogP contribution in [0.2, 0.25) is 0 Å². The van der Waals surface area contributed by atoms with Crippen molar-refractivity contribution in [2.24, 2.45) is 0 Å². The van der Waals surface area contributed by atoms with Gasteiger partial charge in [-0.15, -0.1) is 0 Å². The number of hydrogen-bond acceptors (Lipinski definition) is 2. The van der Waals surface area contributed by atoms with E-state index >= 15 is 0 Å². The second kappa shape index (κ2) is 6.74. The quantitative estimate of drug-likeness (QED) is 0.803. The van der Waals surface area contributed by atoms with Crippen molar-refractivity contribution in [1.29, 1.82) is 0 Å². The standard InChI is InChI=1S/C16H15IO3/c1-11-3-2-4-14(9-11)20-15(16(18)19)10-12-5-7-13(17)8-6-12/h2-9,15H,10H2,1H3,(H,18,19)/t15-/m1/s1. The molecule has 0 saturated carbocycles. The van der Waals surface area contributed by atoms with Crippen LogP contribution >= 0.6 is 22.6 Å². The monoisotopic (exact) mass is 382 g/mol. The summed E-state index contributed by atoms with van der Waals surface area (Å²) in [5.74, 6) is -0.368. The molecule has 1 atom stereocenters. The van der Waals surface area contributed by atoms with Gasteiger partial charge in [-0.3, -0.25) is 0 Å². The Balaban J connectivity index is 2.11. The van der Waals surface area contributed by atoms with Crippen LogP contribution in [0.15, 0.2) is 48.5 Å². The summed E-state index contributed by atoms with van der Waals surface area (Å²) in [6.45, 7) is 1.95. The van der Waals surface area contributed by atoms with Crippen LogP contribution in [-0.2, 0) is 11.2 Å². The second-order valence-electron chi connectivity index (χ2n) is 4.59. The summed E-state index contributed by atoms with van der Waals surface area (Å²) in [4.78, 5) is 11.3. The number of carboxylic acids is 1. The number of hydrogen-bond donors (Lipinski definition) is 1. The second-order valence-corrected chi connectivity index (χ2v) is 5.84. The first-order valence-electron chi connectivity index (χ1n) is 6.25. The first-order chi connectivity index (χ1) is 9.54. The number of ether oxygens (including phenoxy) is 1. The fourth-order valence-corrected chi connectivity index (χ4v) is 2.23. The highest BCUT2D eigenvalue weighted by molar-refractivity contribution is 14.1. The summed E-state index contributed by atoms with van der Waals surface area (Å²) >= 11 is 2.22. The fourth-order valence-electron chi connectivity index (χ4n) is 1.87. The van der Waals surface area contributed by atoms with Crippen molar-refractivity contribution < 1.29 is 14.6 Å². The molecule has 4 heteroatoms. The van der Waals surface area contributed by atoms with E-state index in [1.807, 2.05) is 49.4 Å². The van der Waals surface area contributed by atoms with Crippen LogP contribution in [0, 0.1) is 10.5 Å². The van der Waals surface area contributed by atoms with Crippen molar-refractivity contribution in [3.8, 4) is 5.75 Å². The molecular formula is C16H15IO3. The van der Waals surface area contributed by atoms with Gasteiger partial charge in [-0.2, -0.15) is 0 Å². The fraction of sp³-hybridized carbons (Fsp3) is 0.188. The van der Waals surface area contributed by atoms with Crippen molar-refractivity contribution in [3.05, 3.63) is 63.2 Å². The Morgan fingerprint density at radius 1 is 1.25 bits per heavy atom. The Morgan fingerprint density at radius 2 is 1.95 bits per heavy atom. The summed E-state index contributed by atoms with van der Waals surface area (Å²) in [7, 11) is 0. The van der Waals surface area contributed by atoms with E-state index in [1.165, 1.54) is 0 Å². The predicted octanol–water partition coefficient (Wildman–Crippen LogP) is 3.67. The third-order valence-electron chi connectivity index (χ3n) is 2.88. The van der Waals surface area contributed by atoms with Crippen LogP contribution in [0.4, 0.5) is 0 Å². The maximum atomic E-state index is 11.3. The zero-order valence-electron chi connectivity index (χ0n) is 11.0. The van der Waals surface area contributed by atoms with Gasteiger partial charge in [-0.05, 0) is 64.9 Å². The molecule has 2 rings (SSSR count). The molecule has 0 heterocycles. The maximum Gasteiger partial charge on any atom is 0.345 e. The summed E-state index contributed by atoms with van der Waals surface area (Å²) in [6.07, 6.45) is -0.530. The van der Waals surface area contributed by atoms with E-state index in [4.69, 9.17) is 4.74 Å². The molecule has 2 aromatic rings. The number of aliphatic carboxylic acids is 1. The lowest BCUT2D eigenvalue weighted by atomic mass is 10.1. The van der Waals surface area contributed by atoms with Crippen LogP contribution in [0.1, 0.15) is 11.1 Å². The van der Waals surface area contributed by atoms with Crippen LogP contribution < -0.4 is 4.74 Å². The highest BCUT2D eigenvalue weighted by atomic mass is 127. The number of carbonyl (C=O) groups is 1. The summed E-state index contributed by atoms with van der Waals surface area (Å²) < 4.78 is 6.71. The Bertz CT molecular complexity index is 593. The molecule has 2 aromatic carbocycles. The molecule has 0 aliphatic heterocycles. The van der Waals surface area contributed by atoms with Gasteiger partial charge in [0.15, 0.2) is 6.10 Å². The van der Waals surface area contributed by atoms with Crippen LogP contribution in [0.25, 0.3) is 0 Å². The van der Waals surface area contributed by atoms with Crippen LogP contribution in [0.5, 0.6) is 5.75 Å². The molecule has 0 aromatic heterocycles. The van der Waals surface area contributed by atoms with Gasteiger partial charge in [0.25, 0.3) is 0 Å². The van der Waals surface area contributed by atoms with Crippen molar-refractivity contribution in [2.45, 2.75) is 19.4 Å². The van der Waals surface area contributed by atoms with E-state index in [1.54, 1.807) is 6.07 Å². The third-order valence-corrected chi connectivity index (χ3v) is 3.60. The predicted molar refractivity (Wildman–Crippen MR) is 86.1 cm³/mol. The maximum absolute atomic E-state index is 11.3. The smallest absolute Gasteiger partial charge is 0.345 e. The molecule has 0 unspecified atom stereocenters. The normalized spacial score (nSPS) is 11.9. The number of benzene rings is 2. The van der Waals surface area contributed by atoms with Gasteiger partial charge in [0.05, 0.1) is 0 Å². The Morgan fingerprint density at radius 3 is 2.55 bits per heavy atom. The topological polar surface area (TPSA) is 46.5 Å². The van der Waals surface area contributed by atoms with Crippen molar-refractivity contribution in [3.63, 3.8) is 0 Å². The van der Waals surface area contributed by atoms with Crippen LogP contribution in [0.3, 0.4) is 0 Å². The summed E-state index contributed by atoms with van der Waals surface area (Å²) in [5, 5.41) is 9.29. The van der Waals surface area contributed by atoms with Gasteiger partial charge in [0, 0.05) is 9.99 Å². The minimum atomic E-state index is -0.954. The Labute approximate surface area is 131 Å². The van der Waals surface area contributed by atoms with Gasteiger partial charge in [0.1, 0.15) is 5.75 Å². The molecule has 3 nitrogen and oxygen atoms in total. The molecule has 0 fully saturated rings. The molecular weight excluding hydrogens is 367 g/mol. The SMILES string of the molecule is Cc1cccc(O[C@H](Cc2ccc(I)cc2)C(=O)O)c1. The van der Waals surface area contributed by atoms with Gasteiger partial charge in [-0.1, -0.05) is 24.3 Å². The summed E-state index contributed by atoms with van der Waals surface area (Å²) in [6, 6.07) is 15.2. The molecule has 1 N–H and O–H groups in total. The Kier molecular flexibility index (Phi) is 5.00. The first-order valence-corrected chi connectivity index (χ1v) is 7.33.